The number of hydrogen-bond donors (Lipinski definition) is 2. The van der Waals surface area contributed by atoms with Crippen LogP contribution in [0.4, 0.5) is 0 Å². The minimum Gasteiger partial charge on any atom is -0.467 e. The molecule has 0 heterocycles. The first-order valence-electron chi connectivity index (χ1n) is 7.95. The summed E-state index contributed by atoms with van der Waals surface area (Å²) in [5.41, 5.74) is 0.871. The van der Waals surface area contributed by atoms with Gasteiger partial charge in [-0.1, -0.05) is 37.3 Å². The summed E-state index contributed by atoms with van der Waals surface area (Å²) in [4.78, 5) is 36.0. The van der Waals surface area contributed by atoms with E-state index in [0.717, 1.165) is 5.56 Å². The van der Waals surface area contributed by atoms with Crippen LogP contribution in [0.15, 0.2) is 30.3 Å². The fraction of sp³-hybridized carbons (Fsp3) is 0.444. The van der Waals surface area contributed by atoms with Crippen molar-refractivity contribution in [3.63, 3.8) is 0 Å². The van der Waals surface area contributed by atoms with Crippen LogP contribution >= 0.6 is 0 Å². The largest absolute Gasteiger partial charge is 0.467 e. The summed E-state index contributed by atoms with van der Waals surface area (Å²) < 4.78 is 4.71. The molecule has 1 aromatic carbocycles. The third kappa shape index (κ3) is 6.63. The molecular formula is C18H23N3O4. The molecule has 134 valence electrons. The molecular weight excluding hydrogens is 322 g/mol. The summed E-state index contributed by atoms with van der Waals surface area (Å²) in [5, 5.41) is 14.0. The Morgan fingerprint density at radius 3 is 2.36 bits per heavy atom. The first-order chi connectivity index (χ1) is 11.9. The van der Waals surface area contributed by atoms with Crippen molar-refractivity contribution in [1.29, 1.82) is 5.26 Å². The van der Waals surface area contributed by atoms with Crippen molar-refractivity contribution in [2.75, 3.05) is 7.11 Å². The smallest absolute Gasteiger partial charge is 0.328 e. The van der Waals surface area contributed by atoms with Crippen LogP contribution in [0.3, 0.4) is 0 Å². The van der Waals surface area contributed by atoms with Crippen LogP contribution < -0.4 is 10.6 Å². The van der Waals surface area contributed by atoms with E-state index >= 15 is 0 Å². The molecule has 0 aliphatic rings. The number of benzene rings is 1. The van der Waals surface area contributed by atoms with E-state index < -0.39 is 29.9 Å². The van der Waals surface area contributed by atoms with E-state index in [4.69, 9.17) is 10.00 Å². The highest BCUT2D eigenvalue weighted by Crippen LogP contribution is 2.11. The van der Waals surface area contributed by atoms with Crippen LogP contribution in [0.1, 0.15) is 25.8 Å². The second-order valence-corrected chi connectivity index (χ2v) is 5.79. The molecule has 2 N–H and O–H groups in total. The SMILES string of the molecule is COC(=O)[C@@H](NC(=O)[C@@H](Cc1ccccc1)NC(C)=O)[C@@H](C)CC#N. The Balaban J connectivity index is 2.92. The second-order valence-electron chi connectivity index (χ2n) is 5.79. The molecule has 3 atom stereocenters. The number of carbonyl (C=O) groups is 3. The average Bonchev–Trinajstić information content (AvgIpc) is 2.58. The van der Waals surface area contributed by atoms with E-state index in [2.05, 4.69) is 10.6 Å². The fourth-order valence-electron chi connectivity index (χ4n) is 2.38. The lowest BCUT2D eigenvalue weighted by molar-refractivity contribution is -0.146. The Morgan fingerprint density at radius 2 is 1.84 bits per heavy atom. The van der Waals surface area contributed by atoms with Gasteiger partial charge in [-0.3, -0.25) is 9.59 Å². The Morgan fingerprint density at radius 1 is 1.20 bits per heavy atom. The molecule has 1 aromatic rings. The molecule has 0 unspecified atom stereocenters. The third-order valence-electron chi connectivity index (χ3n) is 3.71. The van der Waals surface area contributed by atoms with Crippen molar-refractivity contribution in [1.82, 2.24) is 10.6 Å². The van der Waals surface area contributed by atoms with E-state index in [1.54, 1.807) is 6.92 Å². The molecule has 0 radical (unpaired) electrons. The monoisotopic (exact) mass is 345 g/mol. The van der Waals surface area contributed by atoms with E-state index in [9.17, 15) is 14.4 Å². The molecule has 0 aliphatic heterocycles. The highest BCUT2D eigenvalue weighted by atomic mass is 16.5. The summed E-state index contributed by atoms with van der Waals surface area (Å²) in [5.74, 6) is -1.90. The Bertz CT molecular complexity index is 639. The molecule has 7 nitrogen and oxygen atoms in total. The van der Waals surface area contributed by atoms with Crippen molar-refractivity contribution < 1.29 is 19.1 Å². The normalized spacial score (nSPS) is 13.7. The summed E-state index contributed by atoms with van der Waals surface area (Å²) in [6, 6.07) is 9.41. The van der Waals surface area contributed by atoms with Crippen LogP contribution in [0.25, 0.3) is 0 Å². The molecule has 7 heteroatoms. The van der Waals surface area contributed by atoms with Crippen LogP contribution in [-0.4, -0.2) is 37.0 Å². The molecule has 0 saturated heterocycles. The van der Waals surface area contributed by atoms with Crippen LogP contribution in [0.5, 0.6) is 0 Å². The minimum atomic E-state index is -0.954. The zero-order chi connectivity index (χ0) is 18.8. The molecule has 0 fully saturated rings. The van der Waals surface area contributed by atoms with Crippen molar-refractivity contribution in [2.45, 2.75) is 38.8 Å². The summed E-state index contributed by atoms with van der Waals surface area (Å²) in [6.45, 7) is 3.00. The quantitative estimate of drug-likeness (QED) is 0.682. The Labute approximate surface area is 147 Å². The number of ether oxygens (including phenoxy) is 1. The Hall–Kier alpha value is -2.88. The molecule has 0 spiro atoms. The number of nitrogens with zero attached hydrogens (tertiary/aromatic N) is 1. The van der Waals surface area contributed by atoms with Gasteiger partial charge in [0, 0.05) is 25.7 Å². The van der Waals surface area contributed by atoms with E-state index in [-0.39, 0.29) is 18.7 Å². The third-order valence-corrected chi connectivity index (χ3v) is 3.71. The maximum atomic E-state index is 12.6. The zero-order valence-electron chi connectivity index (χ0n) is 14.6. The van der Waals surface area contributed by atoms with Crippen molar-refractivity contribution >= 4 is 17.8 Å². The minimum absolute atomic E-state index is 0.0868. The molecule has 1 rings (SSSR count). The number of nitriles is 1. The topological polar surface area (TPSA) is 108 Å². The lowest BCUT2D eigenvalue weighted by atomic mass is 9.97. The van der Waals surface area contributed by atoms with E-state index in [1.807, 2.05) is 36.4 Å². The number of carbonyl (C=O) groups excluding carboxylic acids is 3. The zero-order valence-corrected chi connectivity index (χ0v) is 14.6. The standard InChI is InChI=1S/C18H23N3O4/c1-12(9-10-19)16(18(24)25-3)21-17(23)15(20-13(2)22)11-14-7-5-4-6-8-14/h4-8,12,15-16H,9,11H2,1-3H3,(H,20,22)(H,21,23)/t12-,15+,16-/m0/s1. The molecule has 2 amide bonds. The maximum Gasteiger partial charge on any atom is 0.328 e. The van der Waals surface area contributed by atoms with Crippen LogP contribution in [0.2, 0.25) is 0 Å². The van der Waals surface area contributed by atoms with Gasteiger partial charge in [0.1, 0.15) is 12.1 Å². The van der Waals surface area contributed by atoms with Gasteiger partial charge in [-0.15, -0.1) is 0 Å². The number of amides is 2. The first-order valence-corrected chi connectivity index (χ1v) is 7.95. The predicted octanol–water partition coefficient (Wildman–Crippen LogP) is 0.941. The molecule has 0 aromatic heterocycles. The number of methoxy groups -OCH3 is 1. The van der Waals surface area contributed by atoms with Crippen molar-refractivity contribution in [3.05, 3.63) is 35.9 Å². The van der Waals surface area contributed by atoms with E-state index in [1.165, 1.54) is 14.0 Å². The van der Waals surface area contributed by atoms with Crippen molar-refractivity contribution in [2.24, 2.45) is 5.92 Å². The number of nitrogens with one attached hydrogen (secondary N) is 2. The first kappa shape index (κ1) is 20.2. The van der Waals surface area contributed by atoms with Gasteiger partial charge in [0.2, 0.25) is 11.8 Å². The Kier molecular flexibility index (Phi) is 8.13. The van der Waals surface area contributed by atoms with Gasteiger partial charge in [-0.2, -0.15) is 5.26 Å². The van der Waals surface area contributed by atoms with Crippen molar-refractivity contribution in [3.8, 4) is 6.07 Å². The molecule has 0 aliphatic carbocycles. The van der Waals surface area contributed by atoms with Gasteiger partial charge in [-0.25, -0.2) is 4.79 Å². The fourth-order valence-corrected chi connectivity index (χ4v) is 2.38. The molecule has 0 saturated carbocycles. The van der Waals surface area contributed by atoms with Gasteiger partial charge < -0.3 is 15.4 Å². The number of esters is 1. The predicted molar refractivity (Wildman–Crippen MR) is 91.1 cm³/mol. The maximum absolute atomic E-state index is 12.6. The summed E-state index contributed by atoms with van der Waals surface area (Å²) >= 11 is 0. The molecule has 25 heavy (non-hydrogen) atoms. The number of rotatable bonds is 8. The highest BCUT2D eigenvalue weighted by Gasteiger charge is 2.30. The van der Waals surface area contributed by atoms with Gasteiger partial charge in [0.05, 0.1) is 13.2 Å². The van der Waals surface area contributed by atoms with E-state index in [0.29, 0.717) is 0 Å². The molecule has 0 bridgehead atoms. The van der Waals surface area contributed by atoms with Gasteiger partial charge in [0.25, 0.3) is 0 Å². The second kappa shape index (κ2) is 10.1. The highest BCUT2D eigenvalue weighted by molar-refractivity contribution is 5.90. The van der Waals surface area contributed by atoms with Crippen LogP contribution in [-0.2, 0) is 25.5 Å². The van der Waals surface area contributed by atoms with Gasteiger partial charge in [0.15, 0.2) is 0 Å². The van der Waals surface area contributed by atoms with Gasteiger partial charge >= 0.3 is 5.97 Å². The lowest BCUT2D eigenvalue weighted by Gasteiger charge is -2.24. The van der Waals surface area contributed by atoms with Gasteiger partial charge in [-0.05, 0) is 5.56 Å². The lowest BCUT2D eigenvalue weighted by Crippen LogP contribution is -2.54. The number of hydrogen-bond acceptors (Lipinski definition) is 5. The summed E-state index contributed by atoms with van der Waals surface area (Å²) in [7, 11) is 1.22. The average molecular weight is 345 g/mol. The summed E-state index contributed by atoms with van der Waals surface area (Å²) in [6.07, 6.45) is 0.371. The van der Waals surface area contributed by atoms with Crippen LogP contribution in [0, 0.1) is 17.2 Å².